The van der Waals surface area contributed by atoms with Gasteiger partial charge < -0.3 is 19.4 Å². The predicted octanol–water partition coefficient (Wildman–Crippen LogP) is -3.18. The fraction of sp³-hybridized carbons (Fsp3) is 0.889. The maximum absolute atomic E-state index is 10.5. The number of ether oxygens (including phenoxy) is 2. The zero-order valence-corrected chi connectivity index (χ0v) is 11.6. The molecule has 74 valence electrons. The Bertz CT molecular complexity index is 213. The van der Waals surface area contributed by atoms with Gasteiger partial charge in [0.2, 0.25) is 0 Å². The van der Waals surface area contributed by atoms with E-state index < -0.39 is 17.9 Å². The number of aliphatic carboxylic acids is 1. The summed E-state index contributed by atoms with van der Waals surface area (Å²) < 4.78 is 10.8. The first kappa shape index (κ1) is 13.1. The van der Waals surface area contributed by atoms with Crippen molar-refractivity contribution in [3.63, 3.8) is 0 Å². The third kappa shape index (κ3) is 2.78. The quantitative estimate of drug-likeness (QED) is 0.441. The first-order chi connectivity index (χ1) is 6.22. The molecule has 0 bridgehead atoms. The van der Waals surface area contributed by atoms with Crippen molar-refractivity contribution in [2.45, 2.75) is 44.0 Å². The normalized spacial score (nSPS) is 29.9. The van der Waals surface area contributed by atoms with Gasteiger partial charge in [-0.3, -0.25) is 0 Å². The van der Waals surface area contributed by atoms with Crippen LogP contribution in [0.2, 0.25) is 0 Å². The van der Waals surface area contributed by atoms with E-state index in [1.807, 2.05) is 0 Å². The maximum Gasteiger partial charge on any atom is 1.00 e. The van der Waals surface area contributed by atoms with Crippen LogP contribution in [-0.4, -0.2) is 24.5 Å². The molecular weight excluding hydrogens is 211 g/mol. The van der Waals surface area contributed by atoms with Crippen LogP contribution >= 0.6 is 0 Å². The molecule has 0 aromatic heterocycles. The molecule has 0 unspecified atom stereocenters. The molecule has 14 heavy (non-hydrogen) atoms. The van der Waals surface area contributed by atoms with Crippen molar-refractivity contribution in [2.24, 2.45) is 0 Å². The summed E-state index contributed by atoms with van der Waals surface area (Å²) in [6, 6.07) is 0. The SMILES string of the molecule is O=C([O-])[C@H]1COC2(CCCCC2)O1.[K+]. The smallest absolute Gasteiger partial charge is 0.547 e. The van der Waals surface area contributed by atoms with Crippen LogP contribution in [0.4, 0.5) is 0 Å². The summed E-state index contributed by atoms with van der Waals surface area (Å²) in [7, 11) is 0. The van der Waals surface area contributed by atoms with Crippen molar-refractivity contribution < 1.29 is 70.8 Å². The van der Waals surface area contributed by atoms with Gasteiger partial charge in [0, 0.05) is 12.8 Å². The van der Waals surface area contributed by atoms with Crippen LogP contribution in [0.15, 0.2) is 0 Å². The molecule has 1 heterocycles. The number of carboxylic acids is 1. The van der Waals surface area contributed by atoms with Gasteiger partial charge in [-0.15, -0.1) is 0 Å². The Labute approximate surface area is 126 Å². The summed E-state index contributed by atoms with van der Waals surface area (Å²) in [6.45, 7) is 0.141. The largest absolute Gasteiger partial charge is 1.00 e. The number of carbonyl (C=O) groups excluding carboxylic acids is 1. The number of carboxylic acid groups (broad SMARTS) is 1. The van der Waals surface area contributed by atoms with Gasteiger partial charge in [-0.25, -0.2) is 0 Å². The van der Waals surface area contributed by atoms with Crippen LogP contribution in [0.5, 0.6) is 0 Å². The van der Waals surface area contributed by atoms with E-state index in [2.05, 4.69) is 0 Å². The molecular formula is C9H13KO4. The molecule has 0 radical (unpaired) electrons. The Morgan fingerprint density at radius 1 is 1.29 bits per heavy atom. The van der Waals surface area contributed by atoms with E-state index in [4.69, 9.17) is 9.47 Å². The standard InChI is InChI=1S/C9H14O4.K/c10-8(11)7-6-12-9(13-7)4-2-1-3-5-9;/h7H,1-6H2,(H,10,11);/q;+1/p-1/t7-;/m1./s1. The van der Waals surface area contributed by atoms with Crippen molar-refractivity contribution in [1.29, 1.82) is 0 Å². The van der Waals surface area contributed by atoms with Crippen LogP contribution < -0.4 is 56.5 Å². The Morgan fingerprint density at radius 2 is 1.93 bits per heavy atom. The van der Waals surface area contributed by atoms with Crippen LogP contribution in [-0.2, 0) is 14.3 Å². The van der Waals surface area contributed by atoms with Crippen molar-refractivity contribution in [3.8, 4) is 0 Å². The zero-order chi connectivity index (χ0) is 9.31. The third-order valence-corrected chi connectivity index (χ3v) is 2.73. The van der Waals surface area contributed by atoms with Crippen LogP contribution in [0.3, 0.4) is 0 Å². The maximum atomic E-state index is 10.5. The first-order valence-electron chi connectivity index (χ1n) is 4.74. The van der Waals surface area contributed by atoms with Gasteiger partial charge in [0.05, 0.1) is 12.6 Å². The fourth-order valence-electron chi connectivity index (χ4n) is 2.02. The van der Waals surface area contributed by atoms with E-state index in [0.717, 1.165) is 25.7 Å². The van der Waals surface area contributed by atoms with Gasteiger partial charge >= 0.3 is 51.4 Å². The van der Waals surface area contributed by atoms with E-state index >= 15 is 0 Å². The molecule has 0 N–H and O–H groups in total. The minimum absolute atomic E-state index is 0. The van der Waals surface area contributed by atoms with Crippen LogP contribution in [0.25, 0.3) is 0 Å². The molecule has 1 aliphatic heterocycles. The average Bonchev–Trinajstić information content (AvgIpc) is 2.51. The average molecular weight is 224 g/mol. The Morgan fingerprint density at radius 3 is 2.43 bits per heavy atom. The Balaban J connectivity index is 0.000000980. The molecule has 4 nitrogen and oxygen atoms in total. The zero-order valence-electron chi connectivity index (χ0n) is 8.45. The van der Waals surface area contributed by atoms with Gasteiger partial charge in [0.1, 0.15) is 6.10 Å². The van der Waals surface area contributed by atoms with Crippen LogP contribution in [0.1, 0.15) is 32.1 Å². The minimum atomic E-state index is -1.16. The Hall–Kier alpha value is 1.03. The number of rotatable bonds is 1. The second-order valence-corrected chi connectivity index (χ2v) is 3.71. The number of carbonyl (C=O) groups is 1. The molecule has 2 rings (SSSR count). The van der Waals surface area contributed by atoms with E-state index in [-0.39, 0.29) is 58.0 Å². The molecule has 0 aromatic carbocycles. The first-order valence-corrected chi connectivity index (χ1v) is 4.74. The number of hydrogen-bond donors (Lipinski definition) is 0. The molecule has 1 saturated carbocycles. The van der Waals surface area contributed by atoms with Gasteiger partial charge in [0.25, 0.3) is 0 Å². The molecule has 0 amide bonds. The second kappa shape index (κ2) is 5.38. The van der Waals surface area contributed by atoms with E-state index in [1.54, 1.807) is 0 Å². The second-order valence-electron chi connectivity index (χ2n) is 3.71. The molecule has 2 fully saturated rings. The summed E-state index contributed by atoms with van der Waals surface area (Å²) in [5.41, 5.74) is 0. The molecule has 2 aliphatic rings. The van der Waals surface area contributed by atoms with Gasteiger partial charge in [-0.2, -0.15) is 0 Å². The van der Waals surface area contributed by atoms with Crippen molar-refractivity contribution in [2.75, 3.05) is 6.61 Å². The fourth-order valence-corrected chi connectivity index (χ4v) is 2.02. The third-order valence-electron chi connectivity index (χ3n) is 2.73. The van der Waals surface area contributed by atoms with Gasteiger partial charge in [-0.05, 0) is 12.8 Å². The molecule has 0 aromatic rings. The minimum Gasteiger partial charge on any atom is -0.547 e. The summed E-state index contributed by atoms with van der Waals surface area (Å²) >= 11 is 0. The van der Waals surface area contributed by atoms with Crippen molar-refractivity contribution >= 4 is 5.97 Å². The van der Waals surface area contributed by atoms with Crippen molar-refractivity contribution in [1.82, 2.24) is 0 Å². The predicted molar refractivity (Wildman–Crippen MR) is 41.6 cm³/mol. The monoisotopic (exact) mass is 224 g/mol. The molecule has 1 aliphatic carbocycles. The summed E-state index contributed by atoms with van der Waals surface area (Å²) in [5.74, 6) is -1.76. The summed E-state index contributed by atoms with van der Waals surface area (Å²) in [4.78, 5) is 10.5. The van der Waals surface area contributed by atoms with Crippen LogP contribution in [0, 0.1) is 0 Å². The van der Waals surface area contributed by atoms with Gasteiger partial charge in [0.15, 0.2) is 5.79 Å². The van der Waals surface area contributed by atoms with E-state index in [1.165, 1.54) is 6.42 Å². The molecule has 1 spiro atoms. The topological polar surface area (TPSA) is 58.6 Å². The van der Waals surface area contributed by atoms with Crippen molar-refractivity contribution in [3.05, 3.63) is 0 Å². The molecule has 1 atom stereocenters. The Kier molecular flexibility index (Phi) is 5.03. The van der Waals surface area contributed by atoms with E-state index in [9.17, 15) is 9.90 Å². The molecule has 5 heteroatoms. The summed E-state index contributed by atoms with van der Waals surface area (Å²) in [5, 5.41) is 10.5. The number of hydrogen-bond acceptors (Lipinski definition) is 4. The van der Waals surface area contributed by atoms with E-state index in [0.29, 0.717) is 0 Å². The summed E-state index contributed by atoms with van der Waals surface area (Å²) in [6.07, 6.45) is 4.07. The molecule has 1 saturated heterocycles. The van der Waals surface area contributed by atoms with Gasteiger partial charge in [-0.1, -0.05) is 6.42 Å².